The molecule has 11 heteroatoms. The number of rotatable bonds is 6. The minimum absolute atomic E-state index is 0.0199. The largest absolute Gasteiger partial charge is 0.423 e. The molecule has 10 nitrogen and oxygen atoms in total. The second-order valence-electron chi connectivity index (χ2n) is 8.03. The molecule has 0 radical (unpaired) electrons. The van der Waals surface area contributed by atoms with Gasteiger partial charge in [0.1, 0.15) is 11.4 Å². The molecule has 0 bridgehead atoms. The number of nitrogens with one attached hydrogen (secondary N) is 2. The summed E-state index contributed by atoms with van der Waals surface area (Å²) in [5.41, 5.74) is 3.39. The Labute approximate surface area is 222 Å². The molecule has 38 heavy (non-hydrogen) atoms. The van der Waals surface area contributed by atoms with Crippen molar-refractivity contribution in [2.75, 3.05) is 5.32 Å². The summed E-state index contributed by atoms with van der Waals surface area (Å²) in [6.07, 6.45) is 1.27. The van der Waals surface area contributed by atoms with Crippen molar-refractivity contribution in [2.45, 2.75) is 6.92 Å². The smallest absolute Gasteiger partial charge is 0.345 e. The average molecular weight is 532 g/mol. The van der Waals surface area contributed by atoms with E-state index in [-0.39, 0.29) is 22.0 Å². The van der Waals surface area contributed by atoms with E-state index in [2.05, 4.69) is 15.8 Å². The Balaban J connectivity index is 1.39. The molecule has 4 aromatic rings. The number of hydrogen-bond donors (Lipinski definition) is 2. The number of aromatic nitrogens is 2. The van der Waals surface area contributed by atoms with Crippen molar-refractivity contribution in [2.24, 2.45) is 12.1 Å². The topological polar surface area (TPSA) is 124 Å². The van der Waals surface area contributed by atoms with Gasteiger partial charge in [-0.2, -0.15) is 5.10 Å². The average Bonchev–Trinajstić information content (AvgIpc) is 3.12. The van der Waals surface area contributed by atoms with Crippen LogP contribution in [0.25, 0.3) is 5.69 Å². The number of anilines is 1. The Bertz CT molecular complexity index is 1610. The first-order valence-corrected chi connectivity index (χ1v) is 11.7. The van der Waals surface area contributed by atoms with E-state index in [4.69, 9.17) is 16.3 Å². The van der Waals surface area contributed by atoms with Gasteiger partial charge in [0.2, 0.25) is 0 Å². The molecule has 2 N–H and O–H groups in total. The van der Waals surface area contributed by atoms with Crippen LogP contribution in [-0.2, 0) is 16.6 Å². The fourth-order valence-corrected chi connectivity index (χ4v) is 3.76. The number of amides is 2. The van der Waals surface area contributed by atoms with Crippen LogP contribution in [0.2, 0.25) is 5.02 Å². The zero-order valence-electron chi connectivity index (χ0n) is 20.3. The van der Waals surface area contributed by atoms with Gasteiger partial charge < -0.3 is 10.1 Å². The van der Waals surface area contributed by atoms with Gasteiger partial charge in [-0.1, -0.05) is 54.1 Å². The Hall–Kier alpha value is -4.96. The standard InChI is InChI=1S/C27H22ClN5O5/c1-17-23(26(36)33(32(17)2)19-10-4-3-5-11-19)30-24(34)25(35)31-29-16-18-9-8-12-20(15-18)38-27(37)21-13-6-7-14-22(21)28/h3-16H,1-2H3,(H,30,34)(H,31,35). The molecule has 1 heterocycles. The number of benzene rings is 3. The summed E-state index contributed by atoms with van der Waals surface area (Å²) in [4.78, 5) is 50.0. The first-order valence-electron chi connectivity index (χ1n) is 11.3. The zero-order valence-corrected chi connectivity index (χ0v) is 21.1. The molecular formula is C27H22ClN5O5. The van der Waals surface area contributed by atoms with Crippen molar-refractivity contribution in [3.63, 3.8) is 0 Å². The number of hydrogen-bond acceptors (Lipinski definition) is 6. The maximum Gasteiger partial charge on any atom is 0.345 e. The van der Waals surface area contributed by atoms with Crippen molar-refractivity contribution in [3.8, 4) is 11.4 Å². The molecule has 0 saturated carbocycles. The third kappa shape index (κ3) is 5.71. The van der Waals surface area contributed by atoms with Crippen molar-refractivity contribution in [3.05, 3.63) is 111 Å². The van der Waals surface area contributed by atoms with Gasteiger partial charge in [0.15, 0.2) is 0 Å². The van der Waals surface area contributed by atoms with Crippen LogP contribution < -0.4 is 21.0 Å². The highest BCUT2D eigenvalue weighted by Crippen LogP contribution is 2.19. The van der Waals surface area contributed by atoms with E-state index in [1.165, 1.54) is 17.0 Å². The number of carbonyl (C=O) groups is 3. The normalized spacial score (nSPS) is 10.8. The Kier molecular flexibility index (Phi) is 7.83. The van der Waals surface area contributed by atoms with Crippen molar-refractivity contribution in [1.29, 1.82) is 0 Å². The minimum Gasteiger partial charge on any atom is -0.423 e. The van der Waals surface area contributed by atoms with Gasteiger partial charge in [0.25, 0.3) is 5.56 Å². The zero-order chi connectivity index (χ0) is 27.2. The molecular weight excluding hydrogens is 510 g/mol. The molecule has 4 rings (SSSR count). The lowest BCUT2D eigenvalue weighted by atomic mass is 10.2. The minimum atomic E-state index is -1.07. The summed E-state index contributed by atoms with van der Waals surface area (Å²) in [5.74, 6) is -2.53. The molecule has 0 saturated heterocycles. The second kappa shape index (κ2) is 11.4. The monoisotopic (exact) mass is 531 g/mol. The molecule has 192 valence electrons. The van der Waals surface area contributed by atoms with Crippen molar-refractivity contribution >= 4 is 41.3 Å². The lowest BCUT2D eigenvalue weighted by Gasteiger charge is -2.07. The van der Waals surface area contributed by atoms with Crippen LogP contribution in [-0.4, -0.2) is 33.4 Å². The van der Waals surface area contributed by atoms with Gasteiger partial charge in [-0.05, 0) is 48.9 Å². The molecule has 1 aromatic heterocycles. The molecule has 0 unspecified atom stereocenters. The maximum atomic E-state index is 12.9. The van der Waals surface area contributed by atoms with Crippen molar-refractivity contribution < 1.29 is 19.1 Å². The summed E-state index contributed by atoms with van der Waals surface area (Å²) < 4.78 is 8.31. The van der Waals surface area contributed by atoms with E-state index in [0.717, 1.165) is 0 Å². The summed E-state index contributed by atoms with van der Waals surface area (Å²) in [5, 5.41) is 6.40. The van der Waals surface area contributed by atoms with Crippen LogP contribution in [0, 0.1) is 6.92 Å². The number of ether oxygens (including phenoxy) is 1. The Morgan fingerprint density at radius 3 is 2.39 bits per heavy atom. The van der Waals surface area contributed by atoms with Crippen LogP contribution >= 0.6 is 11.6 Å². The summed E-state index contributed by atoms with van der Waals surface area (Å²) >= 11 is 6.03. The molecule has 0 aliphatic heterocycles. The second-order valence-corrected chi connectivity index (χ2v) is 8.44. The Morgan fingerprint density at radius 2 is 1.66 bits per heavy atom. The van der Waals surface area contributed by atoms with Gasteiger partial charge in [-0.15, -0.1) is 0 Å². The number of halogens is 1. The van der Waals surface area contributed by atoms with E-state index in [1.54, 1.807) is 85.4 Å². The van der Waals surface area contributed by atoms with Crippen LogP contribution in [0.4, 0.5) is 5.69 Å². The van der Waals surface area contributed by atoms with E-state index in [1.807, 2.05) is 6.07 Å². The highest BCUT2D eigenvalue weighted by Gasteiger charge is 2.21. The molecule has 3 aromatic carbocycles. The van der Waals surface area contributed by atoms with E-state index in [9.17, 15) is 19.2 Å². The molecule has 0 aliphatic rings. The van der Waals surface area contributed by atoms with Crippen LogP contribution in [0.1, 0.15) is 21.6 Å². The number of para-hydroxylation sites is 1. The molecule has 0 fully saturated rings. The number of nitrogens with zero attached hydrogens (tertiary/aromatic N) is 3. The van der Waals surface area contributed by atoms with Gasteiger partial charge >= 0.3 is 17.8 Å². The lowest BCUT2D eigenvalue weighted by Crippen LogP contribution is -2.34. The van der Waals surface area contributed by atoms with Gasteiger partial charge in [-0.25, -0.2) is 14.9 Å². The van der Waals surface area contributed by atoms with E-state index < -0.39 is 23.3 Å². The fraction of sp³-hybridized carbons (Fsp3) is 0.0741. The molecule has 0 spiro atoms. The maximum absolute atomic E-state index is 12.9. The van der Waals surface area contributed by atoms with Crippen LogP contribution in [0.5, 0.6) is 5.75 Å². The number of carbonyl (C=O) groups excluding carboxylic acids is 3. The van der Waals surface area contributed by atoms with E-state index >= 15 is 0 Å². The van der Waals surface area contributed by atoms with Crippen molar-refractivity contribution in [1.82, 2.24) is 14.8 Å². The number of hydrazone groups is 1. The Morgan fingerprint density at radius 1 is 0.947 bits per heavy atom. The molecule has 0 atom stereocenters. The van der Waals surface area contributed by atoms with Gasteiger partial charge in [-0.3, -0.25) is 19.1 Å². The molecule has 0 aliphatic carbocycles. The predicted octanol–water partition coefficient (Wildman–Crippen LogP) is 3.45. The highest BCUT2D eigenvalue weighted by atomic mass is 35.5. The lowest BCUT2D eigenvalue weighted by molar-refractivity contribution is -0.136. The van der Waals surface area contributed by atoms with E-state index in [0.29, 0.717) is 16.9 Å². The third-order valence-corrected chi connectivity index (χ3v) is 5.87. The highest BCUT2D eigenvalue weighted by molar-refractivity contribution is 6.39. The van der Waals surface area contributed by atoms with Crippen LogP contribution in [0.3, 0.4) is 0 Å². The first kappa shape index (κ1) is 26.1. The van der Waals surface area contributed by atoms with Gasteiger partial charge in [0.05, 0.1) is 28.2 Å². The predicted molar refractivity (Wildman–Crippen MR) is 143 cm³/mol. The summed E-state index contributed by atoms with van der Waals surface area (Å²) in [6, 6.07) is 21.8. The SMILES string of the molecule is Cc1c(NC(=O)C(=O)NN=Cc2cccc(OC(=O)c3ccccc3Cl)c2)c(=O)n(-c2ccccc2)n1C. The fourth-order valence-electron chi connectivity index (χ4n) is 3.55. The van der Waals surface area contributed by atoms with Crippen LogP contribution in [0.15, 0.2) is 88.8 Å². The van der Waals surface area contributed by atoms with Gasteiger partial charge in [0, 0.05) is 7.05 Å². The third-order valence-electron chi connectivity index (χ3n) is 5.54. The summed E-state index contributed by atoms with van der Waals surface area (Å²) in [7, 11) is 1.67. The first-order chi connectivity index (χ1) is 18.3. The summed E-state index contributed by atoms with van der Waals surface area (Å²) in [6.45, 7) is 1.65. The number of esters is 1. The molecule has 2 amide bonds. The quantitative estimate of drug-likeness (QED) is 0.130.